The summed E-state index contributed by atoms with van der Waals surface area (Å²) in [5.74, 6) is -3.29. The van der Waals surface area contributed by atoms with Gasteiger partial charge in [-0.1, -0.05) is 46.3 Å². The third kappa shape index (κ3) is 4.19. The number of hydrogen-bond donors (Lipinski definition) is 1. The molecule has 7 heteroatoms. The number of nitrogens with one attached hydrogen (secondary N) is 1. The summed E-state index contributed by atoms with van der Waals surface area (Å²) in [6, 6.07) is 14.5. The number of hydrogen-bond acceptors (Lipinski definition) is 5. The van der Waals surface area contributed by atoms with E-state index in [1.54, 1.807) is 32.0 Å². The zero-order chi connectivity index (χ0) is 21.2. The summed E-state index contributed by atoms with van der Waals surface area (Å²) >= 11 is 3.41. The van der Waals surface area contributed by atoms with Gasteiger partial charge in [0.25, 0.3) is 0 Å². The first kappa shape index (κ1) is 21.0. The predicted octanol–water partition coefficient (Wildman–Crippen LogP) is 3.58. The van der Waals surface area contributed by atoms with Gasteiger partial charge in [-0.3, -0.25) is 14.4 Å². The Hall–Kier alpha value is -2.67. The van der Waals surface area contributed by atoms with Crippen LogP contribution in [0.2, 0.25) is 0 Å². The minimum Gasteiger partial charge on any atom is -0.469 e. The Morgan fingerprint density at radius 3 is 2.52 bits per heavy atom. The highest BCUT2D eigenvalue weighted by Gasteiger charge is 2.53. The average molecular weight is 460 g/mol. The second-order valence-corrected chi connectivity index (χ2v) is 8.39. The van der Waals surface area contributed by atoms with Crippen LogP contribution in [0.3, 0.4) is 0 Å². The van der Waals surface area contributed by atoms with Crippen molar-refractivity contribution < 1.29 is 23.9 Å². The molecule has 29 heavy (non-hydrogen) atoms. The fourth-order valence-corrected chi connectivity index (χ4v) is 4.07. The van der Waals surface area contributed by atoms with Gasteiger partial charge >= 0.3 is 11.9 Å². The van der Waals surface area contributed by atoms with Crippen LogP contribution in [0.15, 0.2) is 53.0 Å². The molecule has 1 aliphatic rings. The standard InChI is InChI=1S/C22H22BrNO5/c1-22(2,21(27)28-3)18-15-11-14(23)9-10-16(15)29-20(26)17(18)19(25)24-12-13-7-5-4-6-8-13/h4-11,17-18H,12H2,1-3H3,(H,24,25). The highest BCUT2D eigenvalue weighted by atomic mass is 79.9. The number of esters is 2. The second-order valence-electron chi connectivity index (χ2n) is 7.48. The van der Waals surface area contributed by atoms with E-state index >= 15 is 0 Å². The maximum atomic E-state index is 13.1. The molecule has 2 unspecified atom stereocenters. The van der Waals surface area contributed by atoms with Crippen molar-refractivity contribution in [3.8, 4) is 5.75 Å². The van der Waals surface area contributed by atoms with E-state index in [2.05, 4.69) is 21.2 Å². The molecule has 0 radical (unpaired) electrons. The lowest BCUT2D eigenvalue weighted by atomic mass is 9.66. The molecule has 0 fully saturated rings. The summed E-state index contributed by atoms with van der Waals surface area (Å²) in [4.78, 5) is 38.4. The molecule has 152 valence electrons. The topological polar surface area (TPSA) is 81.7 Å². The quantitative estimate of drug-likeness (QED) is 0.419. The van der Waals surface area contributed by atoms with Gasteiger partial charge in [0.15, 0.2) is 0 Å². The van der Waals surface area contributed by atoms with Gasteiger partial charge in [0, 0.05) is 22.5 Å². The largest absolute Gasteiger partial charge is 0.469 e. The predicted molar refractivity (Wildman–Crippen MR) is 110 cm³/mol. The first-order valence-corrected chi connectivity index (χ1v) is 9.96. The molecular weight excluding hydrogens is 438 g/mol. The van der Waals surface area contributed by atoms with Crippen molar-refractivity contribution in [2.24, 2.45) is 11.3 Å². The monoisotopic (exact) mass is 459 g/mol. The lowest BCUT2D eigenvalue weighted by molar-refractivity contribution is -0.158. The third-order valence-electron chi connectivity index (χ3n) is 5.19. The van der Waals surface area contributed by atoms with E-state index in [1.807, 2.05) is 30.3 Å². The molecule has 0 saturated heterocycles. The average Bonchev–Trinajstić information content (AvgIpc) is 2.71. The first-order valence-electron chi connectivity index (χ1n) is 9.17. The zero-order valence-corrected chi connectivity index (χ0v) is 18.0. The van der Waals surface area contributed by atoms with Crippen molar-refractivity contribution >= 4 is 33.8 Å². The van der Waals surface area contributed by atoms with Crippen LogP contribution in [0.5, 0.6) is 5.75 Å². The van der Waals surface area contributed by atoms with Crippen molar-refractivity contribution in [2.45, 2.75) is 26.3 Å². The Labute approximate surface area is 177 Å². The van der Waals surface area contributed by atoms with E-state index in [0.29, 0.717) is 11.3 Å². The van der Waals surface area contributed by atoms with Gasteiger partial charge in [-0.15, -0.1) is 0 Å². The normalized spacial score (nSPS) is 18.4. The van der Waals surface area contributed by atoms with Gasteiger partial charge in [0.2, 0.25) is 5.91 Å². The van der Waals surface area contributed by atoms with E-state index in [0.717, 1.165) is 10.0 Å². The number of methoxy groups -OCH3 is 1. The molecular formula is C22H22BrNO5. The Morgan fingerprint density at radius 2 is 1.86 bits per heavy atom. The summed E-state index contributed by atoms with van der Waals surface area (Å²) < 4.78 is 11.2. The number of fused-ring (bicyclic) bond motifs is 1. The van der Waals surface area contributed by atoms with E-state index in [-0.39, 0.29) is 6.54 Å². The number of amides is 1. The summed E-state index contributed by atoms with van der Waals surface area (Å²) in [5.41, 5.74) is 0.365. The van der Waals surface area contributed by atoms with Crippen LogP contribution in [0, 0.1) is 11.3 Å². The lowest BCUT2D eigenvalue weighted by Gasteiger charge is -2.39. The van der Waals surface area contributed by atoms with Crippen LogP contribution >= 0.6 is 15.9 Å². The van der Waals surface area contributed by atoms with Gasteiger partial charge in [-0.25, -0.2) is 0 Å². The zero-order valence-electron chi connectivity index (χ0n) is 16.4. The van der Waals surface area contributed by atoms with Gasteiger partial charge in [0.05, 0.1) is 12.5 Å². The van der Waals surface area contributed by atoms with Crippen LogP contribution in [-0.4, -0.2) is 25.0 Å². The Morgan fingerprint density at radius 1 is 1.17 bits per heavy atom. The molecule has 2 atom stereocenters. The van der Waals surface area contributed by atoms with Crippen LogP contribution < -0.4 is 10.1 Å². The summed E-state index contributed by atoms with van der Waals surface area (Å²) in [6.07, 6.45) is 0. The van der Waals surface area contributed by atoms with Crippen LogP contribution in [0.1, 0.15) is 30.9 Å². The second kappa shape index (κ2) is 8.37. The van der Waals surface area contributed by atoms with Crippen molar-refractivity contribution in [2.75, 3.05) is 7.11 Å². The van der Waals surface area contributed by atoms with Crippen molar-refractivity contribution in [1.82, 2.24) is 5.32 Å². The van der Waals surface area contributed by atoms with E-state index in [9.17, 15) is 14.4 Å². The van der Waals surface area contributed by atoms with E-state index in [1.165, 1.54) is 7.11 Å². The first-order chi connectivity index (χ1) is 13.8. The minimum absolute atomic E-state index is 0.264. The number of ether oxygens (including phenoxy) is 2. The van der Waals surface area contributed by atoms with Gasteiger partial charge in [0.1, 0.15) is 11.7 Å². The van der Waals surface area contributed by atoms with Crippen molar-refractivity contribution in [3.05, 3.63) is 64.1 Å². The SMILES string of the molecule is COC(=O)C(C)(C)C1c2cc(Br)ccc2OC(=O)C1C(=O)NCc1ccccc1. The highest BCUT2D eigenvalue weighted by Crippen LogP contribution is 2.49. The van der Waals surface area contributed by atoms with E-state index < -0.39 is 35.1 Å². The van der Waals surface area contributed by atoms with Crippen LogP contribution in [0.4, 0.5) is 0 Å². The third-order valence-corrected chi connectivity index (χ3v) is 5.68. The molecule has 1 N–H and O–H groups in total. The fourth-order valence-electron chi connectivity index (χ4n) is 3.69. The molecule has 2 aromatic rings. The minimum atomic E-state index is -1.19. The Bertz CT molecular complexity index is 941. The molecule has 0 aliphatic carbocycles. The highest BCUT2D eigenvalue weighted by molar-refractivity contribution is 9.10. The maximum absolute atomic E-state index is 13.1. The van der Waals surface area contributed by atoms with Crippen LogP contribution in [-0.2, 0) is 25.7 Å². The maximum Gasteiger partial charge on any atom is 0.324 e. The number of halogens is 1. The van der Waals surface area contributed by atoms with Crippen LogP contribution in [0.25, 0.3) is 0 Å². The molecule has 0 aromatic heterocycles. The smallest absolute Gasteiger partial charge is 0.324 e. The molecule has 0 saturated carbocycles. The van der Waals surface area contributed by atoms with Gasteiger partial charge in [-0.2, -0.15) is 0 Å². The molecule has 0 spiro atoms. The molecule has 0 bridgehead atoms. The summed E-state index contributed by atoms with van der Waals surface area (Å²) in [6.45, 7) is 3.61. The molecule has 1 heterocycles. The summed E-state index contributed by atoms with van der Waals surface area (Å²) in [7, 11) is 1.29. The number of rotatable bonds is 5. The molecule has 1 aliphatic heterocycles. The number of carbonyl (C=O) groups excluding carboxylic acids is 3. The van der Waals surface area contributed by atoms with Gasteiger partial charge in [-0.05, 0) is 37.6 Å². The lowest BCUT2D eigenvalue weighted by Crippen LogP contribution is -2.49. The number of benzene rings is 2. The molecule has 3 rings (SSSR count). The number of carbonyl (C=O) groups is 3. The molecule has 1 amide bonds. The van der Waals surface area contributed by atoms with E-state index in [4.69, 9.17) is 9.47 Å². The molecule has 2 aromatic carbocycles. The summed E-state index contributed by atoms with van der Waals surface area (Å²) in [5, 5.41) is 2.80. The Kier molecular flexibility index (Phi) is 6.07. The fraction of sp³-hybridized carbons (Fsp3) is 0.318. The van der Waals surface area contributed by atoms with Crippen molar-refractivity contribution in [1.29, 1.82) is 0 Å². The van der Waals surface area contributed by atoms with Crippen molar-refractivity contribution in [3.63, 3.8) is 0 Å². The molecule has 6 nitrogen and oxygen atoms in total. The van der Waals surface area contributed by atoms with Gasteiger partial charge < -0.3 is 14.8 Å². The Balaban J connectivity index is 1.99.